The van der Waals surface area contributed by atoms with Crippen LogP contribution in [0.3, 0.4) is 0 Å². The Morgan fingerprint density at radius 1 is 1.50 bits per heavy atom. The highest BCUT2D eigenvalue weighted by Crippen LogP contribution is 2.12. The van der Waals surface area contributed by atoms with Crippen molar-refractivity contribution in [1.82, 2.24) is 10.1 Å². The summed E-state index contributed by atoms with van der Waals surface area (Å²) in [6, 6.07) is 3.28. The summed E-state index contributed by atoms with van der Waals surface area (Å²) in [6.45, 7) is 2.04. The van der Waals surface area contributed by atoms with E-state index in [1.807, 2.05) is 6.92 Å². The molecule has 2 aromatic heterocycles. The molecule has 0 aliphatic heterocycles. The molecule has 18 heavy (non-hydrogen) atoms. The summed E-state index contributed by atoms with van der Waals surface area (Å²) < 4.78 is 4.64. The van der Waals surface area contributed by atoms with Gasteiger partial charge in [-0.05, 0) is 18.6 Å². The smallest absolute Gasteiger partial charge is 0.255 e. The van der Waals surface area contributed by atoms with Gasteiger partial charge in [-0.3, -0.25) is 4.79 Å². The van der Waals surface area contributed by atoms with Gasteiger partial charge in [0.2, 0.25) is 0 Å². The van der Waals surface area contributed by atoms with E-state index in [9.17, 15) is 4.79 Å². The lowest BCUT2D eigenvalue weighted by atomic mass is 10.1. The van der Waals surface area contributed by atoms with E-state index >= 15 is 0 Å². The predicted molar refractivity (Wildman–Crippen MR) is 67.1 cm³/mol. The Hall–Kier alpha value is -2.37. The number of pyridine rings is 1. The predicted octanol–water partition coefficient (Wildman–Crippen LogP) is 1.86. The number of hydrogen-bond donors (Lipinski definition) is 2. The van der Waals surface area contributed by atoms with Crippen LogP contribution in [0, 0.1) is 0 Å². The lowest BCUT2D eigenvalue weighted by molar-refractivity contribution is 0.102. The number of carbonyl (C=O) groups is 1. The zero-order valence-electron chi connectivity index (χ0n) is 10.0. The van der Waals surface area contributed by atoms with Gasteiger partial charge in [-0.1, -0.05) is 18.5 Å². The van der Waals surface area contributed by atoms with Crippen LogP contribution in [-0.4, -0.2) is 16.0 Å². The number of nitrogen functional groups attached to an aromatic ring is 1. The van der Waals surface area contributed by atoms with Crippen molar-refractivity contribution >= 4 is 17.4 Å². The van der Waals surface area contributed by atoms with Gasteiger partial charge in [0.15, 0.2) is 0 Å². The number of rotatable bonds is 4. The van der Waals surface area contributed by atoms with Crippen LogP contribution < -0.4 is 11.1 Å². The summed E-state index contributed by atoms with van der Waals surface area (Å²) in [4.78, 5) is 16.1. The van der Waals surface area contributed by atoms with E-state index in [0.29, 0.717) is 17.1 Å². The van der Waals surface area contributed by atoms with E-state index in [0.717, 1.165) is 18.5 Å². The average molecular weight is 246 g/mol. The van der Waals surface area contributed by atoms with Gasteiger partial charge < -0.3 is 15.6 Å². The van der Waals surface area contributed by atoms with Crippen molar-refractivity contribution in [2.45, 2.75) is 19.8 Å². The molecule has 6 heteroatoms. The second-order valence-corrected chi connectivity index (χ2v) is 3.89. The topological polar surface area (TPSA) is 94.0 Å². The van der Waals surface area contributed by atoms with Crippen LogP contribution >= 0.6 is 0 Å². The van der Waals surface area contributed by atoms with Gasteiger partial charge >= 0.3 is 0 Å². The molecule has 0 spiro atoms. The van der Waals surface area contributed by atoms with Gasteiger partial charge in [-0.2, -0.15) is 0 Å². The number of nitrogens with zero attached hydrogens (tertiary/aromatic N) is 2. The highest BCUT2D eigenvalue weighted by molar-refractivity contribution is 6.04. The first-order chi connectivity index (χ1) is 8.69. The molecule has 0 saturated heterocycles. The summed E-state index contributed by atoms with van der Waals surface area (Å²) in [5.74, 6) is 0.0843. The molecule has 2 heterocycles. The molecular formula is C12H14N4O2. The summed E-state index contributed by atoms with van der Waals surface area (Å²) >= 11 is 0. The Kier molecular flexibility index (Phi) is 3.57. The fraction of sp³-hybridized carbons (Fsp3) is 0.250. The number of amides is 1. The summed E-state index contributed by atoms with van der Waals surface area (Å²) in [7, 11) is 0. The second kappa shape index (κ2) is 5.31. The average Bonchev–Trinajstić information content (AvgIpc) is 2.81. The van der Waals surface area contributed by atoms with Gasteiger partial charge in [0.05, 0.1) is 6.20 Å². The minimum atomic E-state index is -0.260. The molecule has 0 unspecified atom stereocenters. The second-order valence-electron chi connectivity index (χ2n) is 3.89. The lowest BCUT2D eigenvalue weighted by Gasteiger charge is -2.05. The van der Waals surface area contributed by atoms with E-state index in [4.69, 9.17) is 5.73 Å². The molecule has 0 aliphatic carbocycles. The minimum Gasteiger partial charge on any atom is -0.384 e. The molecule has 0 fully saturated rings. The van der Waals surface area contributed by atoms with Gasteiger partial charge in [0.1, 0.15) is 17.8 Å². The molecule has 1 amide bonds. The highest BCUT2D eigenvalue weighted by atomic mass is 16.5. The number of carbonyl (C=O) groups excluding carboxylic acids is 1. The van der Waals surface area contributed by atoms with E-state index in [1.165, 1.54) is 12.5 Å². The molecule has 2 aromatic rings. The van der Waals surface area contributed by atoms with Gasteiger partial charge in [-0.25, -0.2) is 4.98 Å². The van der Waals surface area contributed by atoms with E-state index in [-0.39, 0.29) is 5.91 Å². The summed E-state index contributed by atoms with van der Waals surface area (Å²) in [5, 5.41) is 6.16. The van der Waals surface area contributed by atoms with Crippen molar-refractivity contribution in [2.24, 2.45) is 0 Å². The standard InChI is InChI=1S/C12H14N4O2/c1-2-3-9-4-8(5-11(13)15-9)12(17)16-10-6-14-18-7-10/h4-7H,2-3H2,1H3,(H2,13,15)(H,16,17). The third kappa shape index (κ3) is 2.85. The van der Waals surface area contributed by atoms with Crippen LogP contribution in [-0.2, 0) is 6.42 Å². The van der Waals surface area contributed by atoms with Crippen LogP contribution in [0.2, 0.25) is 0 Å². The van der Waals surface area contributed by atoms with Crippen LogP contribution in [0.25, 0.3) is 0 Å². The van der Waals surface area contributed by atoms with Crippen molar-refractivity contribution in [1.29, 1.82) is 0 Å². The maximum atomic E-state index is 12.0. The monoisotopic (exact) mass is 246 g/mol. The Morgan fingerprint density at radius 3 is 3.00 bits per heavy atom. The Morgan fingerprint density at radius 2 is 2.33 bits per heavy atom. The van der Waals surface area contributed by atoms with Crippen molar-refractivity contribution < 1.29 is 9.32 Å². The highest BCUT2D eigenvalue weighted by Gasteiger charge is 2.10. The number of nitrogens with two attached hydrogens (primary N) is 1. The third-order valence-corrected chi connectivity index (χ3v) is 2.36. The molecular weight excluding hydrogens is 232 g/mol. The first kappa shape index (κ1) is 12.1. The maximum absolute atomic E-state index is 12.0. The van der Waals surface area contributed by atoms with Crippen molar-refractivity contribution in [3.8, 4) is 0 Å². The zero-order valence-corrected chi connectivity index (χ0v) is 10.0. The van der Waals surface area contributed by atoms with Crippen LogP contribution in [0.1, 0.15) is 29.4 Å². The zero-order chi connectivity index (χ0) is 13.0. The third-order valence-electron chi connectivity index (χ3n) is 2.36. The van der Waals surface area contributed by atoms with E-state index in [1.54, 1.807) is 12.1 Å². The molecule has 0 radical (unpaired) electrons. The fourth-order valence-corrected chi connectivity index (χ4v) is 1.60. The number of nitrogens with one attached hydrogen (secondary N) is 1. The Labute approximate surface area is 104 Å². The maximum Gasteiger partial charge on any atom is 0.255 e. The van der Waals surface area contributed by atoms with Crippen molar-refractivity contribution in [3.63, 3.8) is 0 Å². The number of anilines is 2. The van der Waals surface area contributed by atoms with Gasteiger partial charge in [0.25, 0.3) is 5.91 Å². The normalized spacial score (nSPS) is 10.3. The van der Waals surface area contributed by atoms with Crippen LogP contribution in [0.5, 0.6) is 0 Å². The van der Waals surface area contributed by atoms with Crippen molar-refractivity contribution in [2.75, 3.05) is 11.1 Å². The fourth-order valence-electron chi connectivity index (χ4n) is 1.60. The van der Waals surface area contributed by atoms with E-state index < -0.39 is 0 Å². The molecule has 3 N–H and O–H groups in total. The molecule has 94 valence electrons. The lowest BCUT2D eigenvalue weighted by Crippen LogP contribution is -2.13. The SMILES string of the molecule is CCCc1cc(C(=O)Nc2cnoc2)cc(N)n1. The summed E-state index contributed by atoms with van der Waals surface area (Å²) in [5.41, 5.74) is 7.48. The minimum absolute atomic E-state index is 0.260. The molecule has 0 bridgehead atoms. The first-order valence-corrected chi connectivity index (χ1v) is 5.66. The molecule has 0 aromatic carbocycles. The number of aryl methyl sites for hydroxylation is 1. The Bertz CT molecular complexity index is 537. The van der Waals surface area contributed by atoms with E-state index in [2.05, 4.69) is 20.0 Å². The molecule has 0 aliphatic rings. The Balaban J connectivity index is 2.19. The molecule has 0 saturated carbocycles. The quantitative estimate of drug-likeness (QED) is 0.858. The van der Waals surface area contributed by atoms with Gasteiger partial charge in [0, 0.05) is 11.3 Å². The van der Waals surface area contributed by atoms with Crippen LogP contribution in [0.4, 0.5) is 11.5 Å². The van der Waals surface area contributed by atoms with Gasteiger partial charge in [-0.15, -0.1) is 0 Å². The summed E-state index contributed by atoms with van der Waals surface area (Å²) in [6.07, 6.45) is 4.52. The largest absolute Gasteiger partial charge is 0.384 e. The molecule has 2 rings (SSSR count). The molecule has 0 atom stereocenters. The van der Waals surface area contributed by atoms with Crippen LogP contribution in [0.15, 0.2) is 29.1 Å². The molecule has 6 nitrogen and oxygen atoms in total. The number of hydrogen-bond acceptors (Lipinski definition) is 5. The first-order valence-electron chi connectivity index (χ1n) is 5.66. The van der Waals surface area contributed by atoms with Crippen molar-refractivity contribution in [3.05, 3.63) is 35.9 Å². The number of aromatic nitrogens is 2.